The van der Waals surface area contributed by atoms with Crippen molar-refractivity contribution in [1.29, 1.82) is 0 Å². The lowest BCUT2D eigenvalue weighted by molar-refractivity contribution is -0.132. The van der Waals surface area contributed by atoms with Crippen molar-refractivity contribution < 1.29 is 9.59 Å². The predicted molar refractivity (Wildman–Crippen MR) is 120 cm³/mol. The van der Waals surface area contributed by atoms with E-state index in [4.69, 9.17) is 0 Å². The first-order valence-electron chi connectivity index (χ1n) is 10.6. The zero-order valence-corrected chi connectivity index (χ0v) is 17.7. The molecule has 0 unspecified atom stereocenters. The van der Waals surface area contributed by atoms with Gasteiger partial charge in [0.1, 0.15) is 13.1 Å². The summed E-state index contributed by atoms with van der Waals surface area (Å²) < 4.78 is 1.41. The van der Waals surface area contributed by atoms with E-state index < -0.39 is 0 Å². The van der Waals surface area contributed by atoms with E-state index in [2.05, 4.69) is 4.98 Å². The van der Waals surface area contributed by atoms with Crippen molar-refractivity contribution in [3.05, 3.63) is 70.6 Å². The molecule has 0 spiro atoms. The Bertz CT molecular complexity index is 1150. The van der Waals surface area contributed by atoms with Gasteiger partial charge in [0.25, 0.3) is 5.56 Å². The van der Waals surface area contributed by atoms with Gasteiger partial charge in [-0.25, -0.2) is 4.98 Å². The number of anilines is 1. The summed E-state index contributed by atoms with van der Waals surface area (Å²) in [4.78, 5) is 46.3. The first kappa shape index (κ1) is 20.8. The second-order valence-corrected chi connectivity index (χ2v) is 7.93. The smallest absolute Gasteiger partial charge is 0.269 e. The molecule has 3 aromatic rings. The maximum atomic E-state index is 13.4. The van der Waals surface area contributed by atoms with Gasteiger partial charge >= 0.3 is 0 Å². The van der Waals surface area contributed by atoms with Crippen molar-refractivity contribution in [1.82, 2.24) is 14.5 Å². The van der Waals surface area contributed by atoms with Crippen LogP contribution < -0.4 is 10.5 Å². The Kier molecular flexibility index (Phi) is 6.11. The Hall–Kier alpha value is -3.48. The average Bonchev–Trinajstić information content (AvgIpc) is 2.80. The summed E-state index contributed by atoms with van der Waals surface area (Å²) in [5.74, 6) is -0.381. The van der Waals surface area contributed by atoms with E-state index in [1.54, 1.807) is 12.1 Å². The van der Waals surface area contributed by atoms with Gasteiger partial charge in [-0.05, 0) is 50.5 Å². The van der Waals surface area contributed by atoms with Crippen LogP contribution in [0.2, 0.25) is 0 Å². The number of nitrogens with zero attached hydrogens (tertiary/aromatic N) is 4. The third kappa shape index (κ3) is 4.66. The Balaban J connectivity index is 1.64. The van der Waals surface area contributed by atoms with Gasteiger partial charge in [0.15, 0.2) is 0 Å². The second kappa shape index (κ2) is 9.12. The van der Waals surface area contributed by atoms with E-state index in [1.807, 2.05) is 48.2 Å². The molecule has 7 heteroatoms. The summed E-state index contributed by atoms with van der Waals surface area (Å²) in [6.45, 7) is 3.21. The van der Waals surface area contributed by atoms with E-state index in [-0.39, 0.29) is 30.5 Å². The standard InChI is InChI=1S/C24H26N4O3/c1-18-9-11-19(12-10-18)27(16-23(30)26-13-5-2-6-14-26)24(31)17-28-21-8-4-3-7-20(21)25-15-22(28)29/h3-4,7-12,15H,2,5-6,13-14,16-17H2,1H3. The molecular weight excluding hydrogens is 392 g/mol. The molecule has 2 heterocycles. The monoisotopic (exact) mass is 418 g/mol. The molecule has 1 aliphatic rings. The molecule has 1 aliphatic heterocycles. The molecule has 2 aromatic carbocycles. The molecule has 7 nitrogen and oxygen atoms in total. The number of piperidine rings is 1. The fourth-order valence-electron chi connectivity index (χ4n) is 3.93. The Morgan fingerprint density at radius 3 is 2.45 bits per heavy atom. The van der Waals surface area contributed by atoms with Crippen LogP contribution in [0.25, 0.3) is 11.0 Å². The van der Waals surface area contributed by atoms with E-state index in [1.165, 1.54) is 15.7 Å². The minimum Gasteiger partial charge on any atom is -0.341 e. The van der Waals surface area contributed by atoms with Gasteiger partial charge in [0.2, 0.25) is 11.8 Å². The van der Waals surface area contributed by atoms with Crippen LogP contribution in [-0.2, 0) is 16.1 Å². The number of aromatic nitrogens is 2. The van der Waals surface area contributed by atoms with E-state index >= 15 is 0 Å². The highest BCUT2D eigenvalue weighted by atomic mass is 16.2. The molecule has 1 fully saturated rings. The fourth-order valence-corrected chi connectivity index (χ4v) is 3.93. The molecule has 160 valence electrons. The van der Waals surface area contributed by atoms with Gasteiger partial charge in [0.05, 0.1) is 17.2 Å². The minimum atomic E-state index is -0.349. The molecule has 31 heavy (non-hydrogen) atoms. The molecule has 0 atom stereocenters. The van der Waals surface area contributed by atoms with Crippen molar-refractivity contribution in [2.24, 2.45) is 0 Å². The predicted octanol–water partition coefficient (Wildman–Crippen LogP) is 2.75. The van der Waals surface area contributed by atoms with E-state index in [0.29, 0.717) is 16.7 Å². The van der Waals surface area contributed by atoms with Gasteiger partial charge in [-0.2, -0.15) is 0 Å². The summed E-state index contributed by atoms with van der Waals surface area (Å²) >= 11 is 0. The zero-order valence-electron chi connectivity index (χ0n) is 17.7. The number of hydrogen-bond donors (Lipinski definition) is 0. The molecule has 0 bridgehead atoms. The molecule has 0 N–H and O–H groups in total. The van der Waals surface area contributed by atoms with Crippen molar-refractivity contribution in [2.75, 3.05) is 24.5 Å². The number of likely N-dealkylation sites (tertiary alicyclic amines) is 1. The van der Waals surface area contributed by atoms with Crippen molar-refractivity contribution in [3.8, 4) is 0 Å². The molecule has 1 saturated heterocycles. The van der Waals surface area contributed by atoms with Crippen LogP contribution in [-0.4, -0.2) is 45.9 Å². The Morgan fingerprint density at radius 1 is 1.00 bits per heavy atom. The normalized spacial score (nSPS) is 13.9. The molecule has 0 radical (unpaired) electrons. The van der Waals surface area contributed by atoms with Gasteiger partial charge in [0, 0.05) is 18.8 Å². The van der Waals surface area contributed by atoms with Crippen LogP contribution in [0.1, 0.15) is 24.8 Å². The summed E-state index contributed by atoms with van der Waals surface area (Å²) in [6, 6.07) is 14.7. The van der Waals surface area contributed by atoms with Crippen LogP contribution >= 0.6 is 0 Å². The van der Waals surface area contributed by atoms with Crippen molar-refractivity contribution >= 4 is 28.5 Å². The summed E-state index contributed by atoms with van der Waals surface area (Å²) in [6.07, 6.45) is 4.33. The zero-order chi connectivity index (χ0) is 21.8. The number of benzene rings is 2. The van der Waals surface area contributed by atoms with Crippen LogP contribution in [0.15, 0.2) is 59.5 Å². The largest absolute Gasteiger partial charge is 0.341 e. The number of rotatable bonds is 5. The highest BCUT2D eigenvalue weighted by molar-refractivity contribution is 5.99. The second-order valence-electron chi connectivity index (χ2n) is 7.93. The maximum Gasteiger partial charge on any atom is 0.269 e. The Labute approximate surface area is 180 Å². The molecule has 0 saturated carbocycles. The SMILES string of the molecule is Cc1ccc(N(CC(=O)N2CCCCC2)C(=O)Cn2c(=O)cnc3ccccc32)cc1. The van der Waals surface area contributed by atoms with Crippen LogP contribution in [0, 0.1) is 6.92 Å². The van der Waals surface area contributed by atoms with Crippen LogP contribution in [0.3, 0.4) is 0 Å². The molecule has 4 rings (SSSR count). The molecule has 0 aliphatic carbocycles. The highest BCUT2D eigenvalue weighted by Crippen LogP contribution is 2.18. The number of aryl methyl sites for hydroxylation is 1. The number of amides is 2. The topological polar surface area (TPSA) is 75.5 Å². The molecular formula is C24H26N4O3. The number of carbonyl (C=O) groups excluding carboxylic acids is 2. The third-order valence-electron chi connectivity index (χ3n) is 5.69. The van der Waals surface area contributed by atoms with E-state index in [0.717, 1.165) is 37.9 Å². The van der Waals surface area contributed by atoms with Crippen molar-refractivity contribution in [2.45, 2.75) is 32.7 Å². The minimum absolute atomic E-state index is 0.0420. The van der Waals surface area contributed by atoms with Crippen LogP contribution in [0.4, 0.5) is 5.69 Å². The van der Waals surface area contributed by atoms with Gasteiger partial charge < -0.3 is 9.80 Å². The van der Waals surface area contributed by atoms with Crippen LogP contribution in [0.5, 0.6) is 0 Å². The lowest BCUT2D eigenvalue weighted by atomic mass is 10.1. The van der Waals surface area contributed by atoms with Gasteiger partial charge in [-0.3, -0.25) is 19.0 Å². The maximum absolute atomic E-state index is 13.4. The van der Waals surface area contributed by atoms with Gasteiger partial charge in [-0.1, -0.05) is 29.8 Å². The fraction of sp³-hybridized carbons (Fsp3) is 0.333. The number of carbonyl (C=O) groups is 2. The lowest BCUT2D eigenvalue weighted by Crippen LogP contribution is -2.46. The highest BCUT2D eigenvalue weighted by Gasteiger charge is 2.24. The average molecular weight is 418 g/mol. The lowest BCUT2D eigenvalue weighted by Gasteiger charge is -2.30. The summed E-state index contributed by atoms with van der Waals surface area (Å²) in [5, 5.41) is 0. The molecule has 2 amide bonds. The third-order valence-corrected chi connectivity index (χ3v) is 5.69. The number of fused-ring (bicyclic) bond motifs is 1. The first-order chi connectivity index (χ1) is 15.0. The van der Waals surface area contributed by atoms with Crippen molar-refractivity contribution in [3.63, 3.8) is 0 Å². The number of hydrogen-bond acceptors (Lipinski definition) is 4. The molecule has 1 aromatic heterocycles. The summed E-state index contributed by atoms with van der Waals surface area (Å²) in [5.41, 5.74) is 2.59. The first-order valence-corrected chi connectivity index (χ1v) is 10.6. The van der Waals surface area contributed by atoms with Gasteiger partial charge in [-0.15, -0.1) is 0 Å². The quantitative estimate of drug-likeness (QED) is 0.639. The Morgan fingerprint density at radius 2 is 1.71 bits per heavy atom. The van der Waals surface area contributed by atoms with E-state index in [9.17, 15) is 14.4 Å². The number of para-hydroxylation sites is 2. The summed E-state index contributed by atoms with van der Waals surface area (Å²) in [7, 11) is 0.